The molecule has 86 valence electrons. The second-order valence-electron chi connectivity index (χ2n) is 3.66. The van der Waals surface area contributed by atoms with Gasteiger partial charge in [-0.3, -0.25) is 4.79 Å². The van der Waals surface area contributed by atoms with Gasteiger partial charge in [0.2, 0.25) is 0 Å². The van der Waals surface area contributed by atoms with Crippen molar-refractivity contribution in [1.29, 1.82) is 0 Å². The molecule has 0 aromatic carbocycles. The minimum Gasteiger partial charge on any atom is -0.481 e. The minimum atomic E-state index is -0.905. The fraction of sp³-hybridized carbons (Fsp3) is 0.600. The van der Waals surface area contributed by atoms with Crippen LogP contribution in [0.15, 0.2) is 12.2 Å². The number of carboxylic acids is 1. The van der Waals surface area contributed by atoms with Gasteiger partial charge < -0.3 is 14.9 Å². The molecule has 0 aromatic heterocycles. The summed E-state index contributed by atoms with van der Waals surface area (Å²) in [6, 6.07) is -0.195. The third-order valence-electron chi connectivity index (χ3n) is 1.82. The minimum absolute atomic E-state index is 0.0385. The van der Waals surface area contributed by atoms with Crippen molar-refractivity contribution in [2.24, 2.45) is 0 Å². The van der Waals surface area contributed by atoms with Gasteiger partial charge in [-0.15, -0.1) is 0 Å². The zero-order chi connectivity index (χ0) is 12.0. The summed E-state index contributed by atoms with van der Waals surface area (Å²) in [6.45, 7) is 6.24. The Bertz CT molecular complexity index is 263. The number of likely N-dealkylation sites (N-methyl/N-ethyl adjacent to an activating group) is 1. The van der Waals surface area contributed by atoms with Crippen LogP contribution in [-0.2, 0) is 4.79 Å². The van der Waals surface area contributed by atoms with Crippen LogP contribution in [0.4, 0.5) is 4.79 Å². The van der Waals surface area contributed by atoms with Crippen molar-refractivity contribution < 1.29 is 14.7 Å². The van der Waals surface area contributed by atoms with Crippen LogP contribution in [0.3, 0.4) is 0 Å². The number of amides is 2. The Morgan fingerprint density at radius 2 is 1.80 bits per heavy atom. The van der Waals surface area contributed by atoms with Crippen molar-refractivity contribution in [3.63, 3.8) is 0 Å². The largest absolute Gasteiger partial charge is 0.481 e. The molecule has 0 spiro atoms. The molecular weight excluding hydrogens is 196 g/mol. The van der Waals surface area contributed by atoms with Crippen LogP contribution < -0.4 is 0 Å². The van der Waals surface area contributed by atoms with Crippen LogP contribution in [0.2, 0.25) is 0 Å². The van der Waals surface area contributed by atoms with Gasteiger partial charge in [0.05, 0.1) is 6.42 Å². The Balaban J connectivity index is 4.07. The van der Waals surface area contributed by atoms with E-state index in [2.05, 4.69) is 6.58 Å². The molecule has 0 saturated carbocycles. The van der Waals surface area contributed by atoms with E-state index in [9.17, 15) is 9.59 Å². The molecule has 0 atom stereocenters. The number of carbonyl (C=O) groups is 2. The van der Waals surface area contributed by atoms with Gasteiger partial charge in [-0.1, -0.05) is 12.2 Å². The quantitative estimate of drug-likeness (QED) is 0.695. The summed E-state index contributed by atoms with van der Waals surface area (Å²) < 4.78 is 0. The van der Waals surface area contributed by atoms with Crippen LogP contribution >= 0.6 is 0 Å². The molecule has 0 saturated heterocycles. The van der Waals surface area contributed by atoms with E-state index in [1.807, 2.05) is 6.92 Å². The molecule has 0 heterocycles. The topological polar surface area (TPSA) is 60.9 Å². The zero-order valence-electron chi connectivity index (χ0n) is 9.49. The highest BCUT2D eigenvalue weighted by Gasteiger charge is 2.14. The average Bonchev–Trinajstić information content (AvgIpc) is 2.11. The predicted octanol–water partition coefficient (Wildman–Crippen LogP) is 1.02. The molecular formula is C10H18N2O3. The molecule has 5 nitrogen and oxygen atoms in total. The summed E-state index contributed by atoms with van der Waals surface area (Å²) in [6.07, 6.45) is -0.0385. The van der Waals surface area contributed by atoms with E-state index < -0.39 is 5.97 Å². The smallest absolute Gasteiger partial charge is 0.319 e. The lowest BCUT2D eigenvalue weighted by Crippen LogP contribution is -2.40. The Hall–Kier alpha value is -1.52. The Kier molecular flexibility index (Phi) is 5.44. The van der Waals surface area contributed by atoms with E-state index >= 15 is 0 Å². The number of aliphatic carboxylic acids is 1. The molecule has 0 aliphatic carbocycles. The normalized spacial score (nSPS) is 9.53. The summed E-state index contributed by atoms with van der Waals surface area (Å²) in [5.41, 5.74) is 0.887. The molecule has 0 unspecified atom stereocenters. The highest BCUT2D eigenvalue weighted by molar-refractivity contribution is 5.75. The maximum atomic E-state index is 11.6. The summed E-state index contributed by atoms with van der Waals surface area (Å²) in [5, 5.41) is 8.46. The van der Waals surface area contributed by atoms with Crippen molar-refractivity contribution in [1.82, 2.24) is 9.80 Å². The third-order valence-corrected chi connectivity index (χ3v) is 1.82. The van der Waals surface area contributed by atoms with E-state index in [0.717, 1.165) is 5.57 Å². The van der Waals surface area contributed by atoms with E-state index in [-0.39, 0.29) is 19.0 Å². The van der Waals surface area contributed by atoms with Crippen LogP contribution in [0.1, 0.15) is 13.3 Å². The van der Waals surface area contributed by atoms with Crippen molar-refractivity contribution >= 4 is 12.0 Å². The molecule has 0 radical (unpaired) electrons. The number of hydrogen-bond acceptors (Lipinski definition) is 2. The second kappa shape index (κ2) is 6.06. The van der Waals surface area contributed by atoms with Crippen LogP contribution in [0.5, 0.6) is 0 Å². The van der Waals surface area contributed by atoms with Crippen LogP contribution in [-0.4, -0.2) is 54.1 Å². The Morgan fingerprint density at radius 1 is 1.27 bits per heavy atom. The molecule has 0 aliphatic heterocycles. The highest BCUT2D eigenvalue weighted by Crippen LogP contribution is 1.99. The number of hydrogen-bond donors (Lipinski definition) is 1. The monoisotopic (exact) mass is 214 g/mol. The highest BCUT2D eigenvalue weighted by atomic mass is 16.4. The number of carbonyl (C=O) groups excluding carboxylic acids is 1. The molecule has 5 heteroatoms. The van der Waals surface area contributed by atoms with Gasteiger partial charge in [0.1, 0.15) is 0 Å². The van der Waals surface area contributed by atoms with E-state index in [1.165, 1.54) is 9.80 Å². The molecule has 0 bridgehead atoms. The molecule has 0 aliphatic rings. The first-order valence-corrected chi connectivity index (χ1v) is 4.67. The van der Waals surface area contributed by atoms with Gasteiger partial charge in [-0.05, 0) is 6.92 Å². The van der Waals surface area contributed by atoms with Gasteiger partial charge in [-0.2, -0.15) is 0 Å². The maximum Gasteiger partial charge on any atom is 0.319 e. The third kappa shape index (κ3) is 5.72. The number of rotatable bonds is 5. The first-order chi connectivity index (χ1) is 6.84. The van der Waals surface area contributed by atoms with Gasteiger partial charge in [-0.25, -0.2) is 4.79 Å². The first kappa shape index (κ1) is 13.5. The van der Waals surface area contributed by atoms with Crippen molar-refractivity contribution in [3.8, 4) is 0 Å². The number of urea groups is 1. The van der Waals surface area contributed by atoms with Crippen LogP contribution in [0.25, 0.3) is 0 Å². The molecule has 0 rings (SSSR count). The first-order valence-electron chi connectivity index (χ1n) is 4.67. The molecule has 0 fully saturated rings. The lowest BCUT2D eigenvalue weighted by molar-refractivity contribution is -0.137. The van der Waals surface area contributed by atoms with Gasteiger partial charge in [0.25, 0.3) is 0 Å². The second-order valence-corrected chi connectivity index (χ2v) is 3.66. The van der Waals surface area contributed by atoms with Crippen molar-refractivity contribution in [3.05, 3.63) is 12.2 Å². The zero-order valence-corrected chi connectivity index (χ0v) is 9.49. The number of nitrogens with zero attached hydrogens (tertiary/aromatic N) is 2. The lowest BCUT2D eigenvalue weighted by atomic mass is 10.3. The maximum absolute atomic E-state index is 11.6. The summed E-state index contributed by atoms with van der Waals surface area (Å²) >= 11 is 0. The van der Waals surface area contributed by atoms with Crippen molar-refractivity contribution in [2.75, 3.05) is 27.2 Å². The molecule has 0 aromatic rings. The summed E-state index contributed by atoms with van der Waals surface area (Å²) in [5.74, 6) is -0.905. The van der Waals surface area contributed by atoms with Gasteiger partial charge in [0.15, 0.2) is 0 Å². The average molecular weight is 214 g/mol. The van der Waals surface area contributed by atoms with Gasteiger partial charge in [0, 0.05) is 27.2 Å². The number of carboxylic acid groups (broad SMARTS) is 1. The Labute approximate surface area is 90.0 Å². The lowest BCUT2D eigenvalue weighted by Gasteiger charge is -2.24. The fourth-order valence-corrected chi connectivity index (χ4v) is 1.12. The van der Waals surface area contributed by atoms with Crippen molar-refractivity contribution in [2.45, 2.75) is 13.3 Å². The summed E-state index contributed by atoms with van der Waals surface area (Å²) in [4.78, 5) is 24.8. The fourth-order valence-electron chi connectivity index (χ4n) is 1.12. The molecule has 1 N–H and O–H groups in total. The SMILES string of the molecule is C=C(C)CN(C)C(=O)N(C)CCC(=O)O. The molecule has 15 heavy (non-hydrogen) atoms. The summed E-state index contributed by atoms with van der Waals surface area (Å²) in [7, 11) is 3.24. The predicted molar refractivity (Wildman–Crippen MR) is 57.7 cm³/mol. The van der Waals surface area contributed by atoms with E-state index in [4.69, 9.17) is 5.11 Å². The standard InChI is InChI=1S/C10H18N2O3/c1-8(2)7-12(4)10(15)11(3)6-5-9(13)14/h1,5-7H2,2-4H3,(H,13,14). The van der Waals surface area contributed by atoms with E-state index in [0.29, 0.717) is 6.54 Å². The van der Waals surface area contributed by atoms with E-state index in [1.54, 1.807) is 14.1 Å². The van der Waals surface area contributed by atoms with Gasteiger partial charge >= 0.3 is 12.0 Å². The Morgan fingerprint density at radius 3 is 2.20 bits per heavy atom. The molecule has 2 amide bonds. The van der Waals surface area contributed by atoms with Crippen LogP contribution in [0, 0.1) is 0 Å².